The Labute approximate surface area is 139 Å². The number of piperidine rings is 1. The van der Waals surface area contributed by atoms with Crippen LogP contribution in [0, 0.1) is 29.1 Å². The maximum Gasteiger partial charge on any atom is 0.263 e. The highest BCUT2D eigenvalue weighted by Crippen LogP contribution is 2.25. The van der Waals surface area contributed by atoms with Crippen molar-refractivity contribution in [1.82, 2.24) is 4.90 Å². The SMILES string of the molecule is CC1CC(C)CN(C(=O)C(Oc2ccccc2C#N)C(C)C)C1. The number of benzene rings is 1. The summed E-state index contributed by atoms with van der Waals surface area (Å²) in [5.41, 5.74) is 0.464. The molecule has 0 N–H and O–H groups in total. The van der Waals surface area contributed by atoms with Gasteiger partial charge in [-0.05, 0) is 36.3 Å². The van der Waals surface area contributed by atoms with Gasteiger partial charge in [0.25, 0.3) is 5.91 Å². The summed E-state index contributed by atoms with van der Waals surface area (Å²) in [4.78, 5) is 14.9. The molecule has 1 saturated heterocycles. The van der Waals surface area contributed by atoms with E-state index in [9.17, 15) is 10.1 Å². The minimum absolute atomic E-state index is 0.0335. The summed E-state index contributed by atoms with van der Waals surface area (Å²) in [6.07, 6.45) is 0.607. The van der Waals surface area contributed by atoms with Crippen LogP contribution in [0.1, 0.15) is 39.7 Å². The Morgan fingerprint density at radius 3 is 2.43 bits per heavy atom. The fourth-order valence-electron chi connectivity index (χ4n) is 3.29. The summed E-state index contributed by atoms with van der Waals surface area (Å²) in [5.74, 6) is 1.59. The number of carbonyl (C=O) groups is 1. The fourth-order valence-corrected chi connectivity index (χ4v) is 3.29. The lowest BCUT2D eigenvalue weighted by Gasteiger charge is -2.37. The molecule has 0 spiro atoms. The van der Waals surface area contributed by atoms with E-state index in [1.807, 2.05) is 24.8 Å². The van der Waals surface area contributed by atoms with Gasteiger partial charge in [0.15, 0.2) is 6.10 Å². The van der Waals surface area contributed by atoms with Gasteiger partial charge in [0.1, 0.15) is 11.8 Å². The predicted octanol–water partition coefficient (Wildman–Crippen LogP) is 3.47. The predicted molar refractivity (Wildman–Crippen MR) is 89.9 cm³/mol. The molecule has 0 aliphatic carbocycles. The van der Waals surface area contributed by atoms with Gasteiger partial charge in [-0.15, -0.1) is 0 Å². The lowest BCUT2D eigenvalue weighted by molar-refractivity contribution is -0.143. The highest BCUT2D eigenvalue weighted by atomic mass is 16.5. The average Bonchev–Trinajstić information content (AvgIpc) is 2.51. The molecule has 0 saturated carbocycles. The molecule has 124 valence electrons. The molecule has 0 aromatic heterocycles. The van der Waals surface area contributed by atoms with Crippen molar-refractivity contribution in [3.8, 4) is 11.8 Å². The van der Waals surface area contributed by atoms with Crippen LogP contribution < -0.4 is 4.74 Å². The van der Waals surface area contributed by atoms with Gasteiger partial charge in [-0.1, -0.05) is 39.8 Å². The Morgan fingerprint density at radius 2 is 1.87 bits per heavy atom. The van der Waals surface area contributed by atoms with Crippen LogP contribution in [0.4, 0.5) is 0 Å². The van der Waals surface area contributed by atoms with Crippen molar-refractivity contribution < 1.29 is 9.53 Å². The van der Waals surface area contributed by atoms with Crippen LogP contribution in [-0.4, -0.2) is 30.0 Å². The first-order valence-corrected chi connectivity index (χ1v) is 8.37. The third kappa shape index (κ3) is 4.25. The number of para-hydroxylation sites is 1. The second-order valence-corrected chi connectivity index (χ2v) is 7.08. The standard InChI is InChI=1S/C19H26N2O2/c1-13(2)18(23-17-8-6-5-7-16(17)10-20)19(22)21-11-14(3)9-15(4)12-21/h5-8,13-15,18H,9,11-12H2,1-4H3. The first-order chi connectivity index (χ1) is 10.9. The largest absolute Gasteiger partial charge is 0.479 e. The van der Waals surface area contributed by atoms with Crippen LogP contribution in [0.3, 0.4) is 0 Å². The highest BCUT2D eigenvalue weighted by Gasteiger charge is 2.33. The maximum absolute atomic E-state index is 13.0. The molecule has 1 fully saturated rings. The molecular weight excluding hydrogens is 288 g/mol. The zero-order valence-corrected chi connectivity index (χ0v) is 14.5. The zero-order valence-electron chi connectivity index (χ0n) is 14.5. The summed E-state index contributed by atoms with van der Waals surface area (Å²) in [5, 5.41) is 9.20. The van der Waals surface area contributed by atoms with Crippen molar-refractivity contribution in [2.24, 2.45) is 17.8 Å². The minimum atomic E-state index is -0.554. The average molecular weight is 314 g/mol. The topological polar surface area (TPSA) is 53.3 Å². The number of likely N-dealkylation sites (tertiary alicyclic amines) is 1. The molecule has 1 aromatic carbocycles. The summed E-state index contributed by atoms with van der Waals surface area (Å²) in [6.45, 7) is 9.91. The van der Waals surface area contributed by atoms with E-state index in [0.717, 1.165) is 19.5 Å². The molecule has 1 amide bonds. The third-order valence-corrected chi connectivity index (χ3v) is 4.29. The lowest BCUT2D eigenvalue weighted by atomic mass is 9.91. The van der Waals surface area contributed by atoms with Gasteiger partial charge in [0.05, 0.1) is 5.56 Å². The molecule has 23 heavy (non-hydrogen) atoms. The Kier molecular flexibility index (Phi) is 5.65. The molecule has 1 heterocycles. The van der Waals surface area contributed by atoms with Crippen LogP contribution in [0.15, 0.2) is 24.3 Å². The van der Waals surface area contributed by atoms with Crippen LogP contribution in [0.5, 0.6) is 5.75 Å². The summed E-state index contributed by atoms with van der Waals surface area (Å²) in [6, 6.07) is 9.21. The van der Waals surface area contributed by atoms with Gasteiger partial charge < -0.3 is 9.64 Å². The second-order valence-electron chi connectivity index (χ2n) is 7.08. The number of hydrogen-bond acceptors (Lipinski definition) is 3. The van der Waals surface area contributed by atoms with E-state index in [1.165, 1.54) is 0 Å². The molecule has 3 unspecified atom stereocenters. The Bertz CT molecular complexity index is 581. The van der Waals surface area contributed by atoms with Crippen molar-refractivity contribution in [3.05, 3.63) is 29.8 Å². The van der Waals surface area contributed by atoms with Crippen LogP contribution in [-0.2, 0) is 4.79 Å². The normalized spacial score (nSPS) is 22.5. The minimum Gasteiger partial charge on any atom is -0.479 e. The van der Waals surface area contributed by atoms with Crippen molar-refractivity contribution in [1.29, 1.82) is 5.26 Å². The number of ether oxygens (including phenoxy) is 1. The number of amides is 1. The quantitative estimate of drug-likeness (QED) is 0.855. The molecule has 4 nitrogen and oxygen atoms in total. The summed E-state index contributed by atoms with van der Waals surface area (Å²) in [7, 11) is 0. The molecule has 0 radical (unpaired) electrons. The van der Waals surface area contributed by atoms with Gasteiger partial charge in [0, 0.05) is 13.1 Å². The van der Waals surface area contributed by atoms with E-state index < -0.39 is 6.10 Å². The maximum atomic E-state index is 13.0. The van der Waals surface area contributed by atoms with Crippen LogP contribution in [0.25, 0.3) is 0 Å². The van der Waals surface area contributed by atoms with E-state index >= 15 is 0 Å². The monoisotopic (exact) mass is 314 g/mol. The Morgan fingerprint density at radius 1 is 1.26 bits per heavy atom. The van der Waals surface area contributed by atoms with Gasteiger partial charge >= 0.3 is 0 Å². The number of hydrogen-bond donors (Lipinski definition) is 0. The van der Waals surface area contributed by atoms with E-state index in [0.29, 0.717) is 23.1 Å². The number of rotatable bonds is 4. The van der Waals surface area contributed by atoms with E-state index in [-0.39, 0.29) is 11.8 Å². The molecule has 1 aromatic rings. The van der Waals surface area contributed by atoms with Crippen molar-refractivity contribution in [2.45, 2.75) is 40.2 Å². The van der Waals surface area contributed by atoms with Crippen molar-refractivity contribution in [3.63, 3.8) is 0 Å². The third-order valence-electron chi connectivity index (χ3n) is 4.29. The van der Waals surface area contributed by atoms with Gasteiger partial charge in [-0.25, -0.2) is 0 Å². The molecule has 2 rings (SSSR count). The lowest BCUT2D eigenvalue weighted by Crippen LogP contribution is -2.50. The zero-order chi connectivity index (χ0) is 17.0. The van der Waals surface area contributed by atoms with E-state index in [2.05, 4.69) is 19.9 Å². The summed E-state index contributed by atoms with van der Waals surface area (Å²) >= 11 is 0. The summed E-state index contributed by atoms with van der Waals surface area (Å²) < 4.78 is 5.97. The van der Waals surface area contributed by atoms with Gasteiger partial charge in [-0.2, -0.15) is 5.26 Å². The van der Waals surface area contributed by atoms with Gasteiger partial charge in [-0.3, -0.25) is 4.79 Å². The molecule has 0 bridgehead atoms. The molecule has 1 aliphatic heterocycles. The molecule has 4 heteroatoms. The van der Waals surface area contributed by atoms with Crippen LogP contribution in [0.2, 0.25) is 0 Å². The first-order valence-electron chi connectivity index (χ1n) is 8.37. The van der Waals surface area contributed by atoms with Crippen molar-refractivity contribution in [2.75, 3.05) is 13.1 Å². The number of nitrogens with zero attached hydrogens (tertiary/aromatic N) is 2. The Balaban J connectivity index is 2.18. The molecular formula is C19H26N2O2. The van der Waals surface area contributed by atoms with E-state index in [4.69, 9.17) is 4.74 Å². The van der Waals surface area contributed by atoms with E-state index in [1.54, 1.807) is 18.2 Å². The smallest absolute Gasteiger partial charge is 0.263 e. The second kappa shape index (κ2) is 7.50. The fraction of sp³-hybridized carbons (Fsp3) is 0.579. The van der Waals surface area contributed by atoms with Crippen LogP contribution >= 0.6 is 0 Å². The first kappa shape index (κ1) is 17.3. The highest BCUT2D eigenvalue weighted by molar-refractivity contribution is 5.81. The number of carbonyl (C=O) groups excluding carboxylic acids is 1. The molecule has 3 atom stereocenters. The van der Waals surface area contributed by atoms with Crippen molar-refractivity contribution >= 4 is 5.91 Å². The Hall–Kier alpha value is -2.02. The van der Waals surface area contributed by atoms with Gasteiger partial charge in [0.2, 0.25) is 0 Å². The number of nitriles is 1. The molecule has 1 aliphatic rings.